The van der Waals surface area contributed by atoms with Crippen LogP contribution in [0.5, 0.6) is 0 Å². The van der Waals surface area contributed by atoms with Gasteiger partial charge in [0.05, 0.1) is 6.04 Å². The third kappa shape index (κ3) is 1.19. The Morgan fingerprint density at radius 1 is 1.67 bits per heavy atom. The van der Waals surface area contributed by atoms with E-state index in [1.807, 2.05) is 6.92 Å². The van der Waals surface area contributed by atoms with E-state index in [4.69, 9.17) is 5.73 Å². The fourth-order valence-electron chi connectivity index (χ4n) is 1.71. The summed E-state index contributed by atoms with van der Waals surface area (Å²) in [5.41, 5.74) is 6.82. The molecule has 3 nitrogen and oxygen atoms in total. The van der Waals surface area contributed by atoms with Gasteiger partial charge >= 0.3 is 0 Å². The molecule has 0 aromatic heterocycles. The average Bonchev–Trinajstić information content (AvgIpc) is 2.77. The SMILES string of the molecule is CC1=C/CC(C)C2CN2/C(N)=N\1. The van der Waals surface area contributed by atoms with Crippen molar-refractivity contribution in [1.82, 2.24) is 4.90 Å². The molecule has 2 aliphatic heterocycles. The fourth-order valence-corrected chi connectivity index (χ4v) is 1.71. The van der Waals surface area contributed by atoms with Gasteiger partial charge in [0, 0.05) is 12.2 Å². The first-order valence-corrected chi connectivity index (χ1v) is 4.46. The molecule has 3 heteroatoms. The van der Waals surface area contributed by atoms with Crippen LogP contribution < -0.4 is 5.73 Å². The summed E-state index contributed by atoms with van der Waals surface area (Å²) in [5, 5.41) is 0. The van der Waals surface area contributed by atoms with Crippen LogP contribution in [0.25, 0.3) is 0 Å². The third-order valence-corrected chi connectivity index (χ3v) is 2.68. The maximum absolute atomic E-state index is 5.78. The monoisotopic (exact) mass is 165 g/mol. The first-order valence-electron chi connectivity index (χ1n) is 4.46. The maximum atomic E-state index is 5.78. The minimum Gasteiger partial charge on any atom is -0.369 e. The number of aliphatic imine (C=N–C) groups is 1. The minimum absolute atomic E-state index is 0.651. The van der Waals surface area contributed by atoms with Gasteiger partial charge in [0.15, 0.2) is 5.96 Å². The Morgan fingerprint density at radius 2 is 2.42 bits per heavy atom. The van der Waals surface area contributed by atoms with E-state index in [2.05, 4.69) is 22.9 Å². The zero-order valence-electron chi connectivity index (χ0n) is 7.62. The Kier molecular flexibility index (Phi) is 1.60. The Labute approximate surface area is 73.0 Å². The number of fused-ring (bicyclic) bond motifs is 1. The summed E-state index contributed by atoms with van der Waals surface area (Å²) >= 11 is 0. The van der Waals surface area contributed by atoms with Crippen molar-refractivity contribution in [1.29, 1.82) is 0 Å². The van der Waals surface area contributed by atoms with Gasteiger partial charge in [0.25, 0.3) is 0 Å². The molecule has 0 saturated carbocycles. The lowest BCUT2D eigenvalue weighted by molar-refractivity contribution is 0.513. The van der Waals surface area contributed by atoms with Gasteiger partial charge in [-0.25, -0.2) is 4.99 Å². The predicted molar refractivity (Wildman–Crippen MR) is 49.7 cm³/mol. The van der Waals surface area contributed by atoms with E-state index >= 15 is 0 Å². The largest absolute Gasteiger partial charge is 0.369 e. The van der Waals surface area contributed by atoms with Crippen molar-refractivity contribution in [3.8, 4) is 0 Å². The smallest absolute Gasteiger partial charge is 0.196 e. The van der Waals surface area contributed by atoms with Crippen molar-refractivity contribution >= 4 is 5.96 Å². The number of guanidine groups is 1. The Hall–Kier alpha value is -0.990. The molecule has 2 N–H and O–H groups in total. The summed E-state index contributed by atoms with van der Waals surface area (Å²) in [5.74, 6) is 1.41. The summed E-state index contributed by atoms with van der Waals surface area (Å²) in [6.45, 7) is 5.37. The van der Waals surface area contributed by atoms with Crippen LogP contribution in [-0.4, -0.2) is 23.4 Å². The molecule has 0 aromatic rings. The summed E-state index contributed by atoms with van der Waals surface area (Å²) in [6, 6.07) is 0.651. The molecule has 12 heavy (non-hydrogen) atoms. The number of nitrogens with zero attached hydrogens (tertiary/aromatic N) is 2. The molecule has 1 fully saturated rings. The summed E-state index contributed by atoms with van der Waals surface area (Å²) in [6.07, 6.45) is 3.30. The number of allylic oxidation sites excluding steroid dienone is 2. The molecule has 0 amide bonds. The molecule has 2 aliphatic rings. The summed E-state index contributed by atoms with van der Waals surface area (Å²) < 4.78 is 0. The second-order valence-corrected chi connectivity index (χ2v) is 3.75. The standard InChI is InChI=1S/C9H15N3/c1-6-3-4-7(2)11-9(10)12-5-8(6)12/h4,6,8H,3,5H2,1-2H3,(H2,10,11)/b7-4-. The molecule has 0 radical (unpaired) electrons. The lowest BCUT2D eigenvalue weighted by Gasteiger charge is -2.12. The van der Waals surface area contributed by atoms with E-state index in [1.165, 1.54) is 0 Å². The van der Waals surface area contributed by atoms with Crippen LogP contribution in [0.1, 0.15) is 20.3 Å². The van der Waals surface area contributed by atoms with Gasteiger partial charge in [-0.3, -0.25) is 0 Å². The predicted octanol–water partition coefficient (Wildman–Crippen LogP) is 0.929. The van der Waals surface area contributed by atoms with E-state index < -0.39 is 0 Å². The first-order chi connectivity index (χ1) is 5.68. The van der Waals surface area contributed by atoms with Crippen molar-refractivity contribution in [3.05, 3.63) is 11.8 Å². The van der Waals surface area contributed by atoms with Gasteiger partial charge in [0.1, 0.15) is 0 Å². The highest BCUT2D eigenvalue weighted by atomic mass is 15.4. The molecule has 2 atom stereocenters. The third-order valence-electron chi connectivity index (χ3n) is 2.68. The highest BCUT2D eigenvalue weighted by Crippen LogP contribution is 2.29. The molecule has 66 valence electrons. The molecule has 1 saturated heterocycles. The molecule has 0 aliphatic carbocycles. The fraction of sp³-hybridized carbons (Fsp3) is 0.667. The molecule has 0 spiro atoms. The lowest BCUT2D eigenvalue weighted by Crippen LogP contribution is -2.26. The second kappa shape index (κ2) is 2.51. The lowest BCUT2D eigenvalue weighted by atomic mass is 10.0. The molecule has 0 bridgehead atoms. The van der Waals surface area contributed by atoms with Gasteiger partial charge in [0.2, 0.25) is 0 Å². The van der Waals surface area contributed by atoms with Crippen LogP contribution in [0.3, 0.4) is 0 Å². The van der Waals surface area contributed by atoms with Crippen LogP contribution in [-0.2, 0) is 0 Å². The van der Waals surface area contributed by atoms with Gasteiger partial charge in [-0.2, -0.15) is 0 Å². The molecule has 0 aromatic carbocycles. The normalized spacial score (nSPS) is 43.0. The van der Waals surface area contributed by atoms with Crippen LogP contribution >= 0.6 is 0 Å². The Morgan fingerprint density at radius 3 is 3.17 bits per heavy atom. The average molecular weight is 165 g/mol. The number of nitrogens with two attached hydrogens (primary N) is 1. The van der Waals surface area contributed by atoms with Crippen molar-refractivity contribution in [3.63, 3.8) is 0 Å². The van der Waals surface area contributed by atoms with E-state index in [1.54, 1.807) is 0 Å². The number of hydrogen-bond donors (Lipinski definition) is 1. The van der Waals surface area contributed by atoms with Gasteiger partial charge < -0.3 is 10.6 Å². The second-order valence-electron chi connectivity index (χ2n) is 3.75. The van der Waals surface area contributed by atoms with E-state index in [9.17, 15) is 0 Å². The van der Waals surface area contributed by atoms with E-state index in [0.717, 1.165) is 18.7 Å². The summed E-state index contributed by atoms with van der Waals surface area (Å²) in [4.78, 5) is 6.44. The molecule has 2 heterocycles. The topological polar surface area (TPSA) is 41.4 Å². The minimum atomic E-state index is 0.651. The maximum Gasteiger partial charge on any atom is 0.196 e. The van der Waals surface area contributed by atoms with Gasteiger partial charge in [-0.15, -0.1) is 0 Å². The highest BCUT2D eigenvalue weighted by molar-refractivity contribution is 5.82. The summed E-state index contributed by atoms with van der Waals surface area (Å²) in [7, 11) is 0. The van der Waals surface area contributed by atoms with Crippen LogP contribution in [0.15, 0.2) is 16.8 Å². The Bertz CT molecular complexity index is 254. The molecule has 2 unspecified atom stereocenters. The van der Waals surface area contributed by atoms with Gasteiger partial charge in [-0.05, 0) is 19.3 Å². The van der Waals surface area contributed by atoms with E-state index in [0.29, 0.717) is 17.9 Å². The highest BCUT2D eigenvalue weighted by Gasteiger charge is 2.40. The molecular formula is C9H15N3. The van der Waals surface area contributed by atoms with Crippen LogP contribution in [0.2, 0.25) is 0 Å². The van der Waals surface area contributed by atoms with E-state index in [-0.39, 0.29) is 0 Å². The van der Waals surface area contributed by atoms with Gasteiger partial charge in [-0.1, -0.05) is 13.0 Å². The quantitative estimate of drug-likeness (QED) is 0.542. The van der Waals surface area contributed by atoms with Crippen molar-refractivity contribution < 1.29 is 0 Å². The zero-order valence-corrected chi connectivity index (χ0v) is 7.62. The molecular weight excluding hydrogens is 150 g/mol. The molecule has 2 rings (SSSR count). The zero-order chi connectivity index (χ0) is 8.72. The first kappa shape index (κ1) is 7.65. The van der Waals surface area contributed by atoms with Crippen molar-refractivity contribution in [2.24, 2.45) is 16.6 Å². The number of rotatable bonds is 0. The van der Waals surface area contributed by atoms with Crippen LogP contribution in [0, 0.1) is 5.92 Å². The Balaban J connectivity index is 2.21. The van der Waals surface area contributed by atoms with Crippen molar-refractivity contribution in [2.75, 3.05) is 6.54 Å². The van der Waals surface area contributed by atoms with Crippen molar-refractivity contribution in [2.45, 2.75) is 26.3 Å². The van der Waals surface area contributed by atoms with Crippen LogP contribution in [0.4, 0.5) is 0 Å². The number of hydrogen-bond acceptors (Lipinski definition) is 3.